The third-order valence-corrected chi connectivity index (χ3v) is 9.17. The Hall–Kier alpha value is -3.12. The summed E-state index contributed by atoms with van der Waals surface area (Å²) in [6.45, 7) is 4.44. The van der Waals surface area contributed by atoms with Gasteiger partial charge in [0.05, 0.1) is 17.8 Å². The molecule has 3 aliphatic carbocycles. The van der Waals surface area contributed by atoms with Gasteiger partial charge in [-0.15, -0.1) is 21.5 Å². The first-order valence-electron chi connectivity index (χ1n) is 12.6. The van der Waals surface area contributed by atoms with E-state index >= 15 is 4.39 Å². The van der Waals surface area contributed by atoms with Crippen LogP contribution in [0.2, 0.25) is 0 Å². The van der Waals surface area contributed by atoms with Crippen LogP contribution in [0.15, 0.2) is 29.8 Å². The lowest BCUT2D eigenvalue weighted by Gasteiger charge is -2.56. The molecule has 0 unspecified atom stereocenters. The SMILES string of the molecule is C[C@@]12CCC[C@@](C)(C1)[C@@H](F)[C@@H](N(c1cnc(-c3ccc(-c4nc(C#N)cs4)cc3O)nn1)C1CC1)C2. The van der Waals surface area contributed by atoms with Crippen molar-refractivity contribution in [1.29, 1.82) is 5.26 Å². The van der Waals surface area contributed by atoms with E-state index in [0.29, 0.717) is 33.5 Å². The van der Waals surface area contributed by atoms with E-state index in [9.17, 15) is 5.11 Å². The van der Waals surface area contributed by atoms with Gasteiger partial charge in [-0.3, -0.25) is 0 Å². The molecule has 9 heteroatoms. The van der Waals surface area contributed by atoms with Crippen molar-refractivity contribution in [1.82, 2.24) is 20.2 Å². The van der Waals surface area contributed by atoms with Gasteiger partial charge in [0.25, 0.3) is 0 Å². The minimum absolute atomic E-state index is 0.0135. The second-order valence-corrected chi connectivity index (χ2v) is 12.2. The zero-order valence-electron chi connectivity index (χ0n) is 20.5. The molecule has 3 aromatic rings. The number of halogens is 1. The van der Waals surface area contributed by atoms with Crippen molar-refractivity contribution >= 4 is 17.2 Å². The molecule has 2 heterocycles. The Kier molecular flexibility index (Phi) is 5.48. The number of hydrogen-bond donors (Lipinski definition) is 1. The van der Waals surface area contributed by atoms with Crippen molar-refractivity contribution < 1.29 is 9.50 Å². The summed E-state index contributed by atoms with van der Waals surface area (Å²) in [6.07, 6.45) is 7.82. The lowest BCUT2D eigenvalue weighted by molar-refractivity contribution is -0.0554. The Labute approximate surface area is 214 Å². The number of fused-ring (bicyclic) bond motifs is 2. The summed E-state index contributed by atoms with van der Waals surface area (Å²) in [7, 11) is 0. The molecule has 0 spiro atoms. The fourth-order valence-corrected chi connectivity index (χ4v) is 7.34. The van der Waals surface area contributed by atoms with Crippen molar-refractivity contribution in [3.05, 3.63) is 35.5 Å². The first kappa shape index (κ1) is 23.3. The third-order valence-electron chi connectivity index (χ3n) is 8.28. The fraction of sp³-hybridized carbons (Fsp3) is 0.519. The summed E-state index contributed by atoms with van der Waals surface area (Å²) in [5.74, 6) is 0.940. The van der Waals surface area contributed by atoms with Gasteiger partial charge in [0.1, 0.15) is 23.0 Å². The van der Waals surface area contributed by atoms with Crippen LogP contribution in [-0.4, -0.2) is 43.5 Å². The smallest absolute Gasteiger partial charge is 0.185 e. The van der Waals surface area contributed by atoms with Gasteiger partial charge in [-0.1, -0.05) is 26.3 Å². The van der Waals surface area contributed by atoms with Gasteiger partial charge >= 0.3 is 0 Å². The van der Waals surface area contributed by atoms with E-state index < -0.39 is 6.17 Å². The number of aromatic nitrogens is 4. The molecular formula is C27H29FN6OS. The van der Waals surface area contributed by atoms with Gasteiger partial charge in [-0.2, -0.15) is 5.26 Å². The second-order valence-electron chi connectivity index (χ2n) is 11.3. The molecule has 186 valence electrons. The number of thiazole rings is 1. The summed E-state index contributed by atoms with van der Waals surface area (Å²) in [6, 6.07) is 7.23. The Morgan fingerprint density at radius 1 is 1.22 bits per heavy atom. The summed E-state index contributed by atoms with van der Waals surface area (Å²) in [5.41, 5.74) is 1.40. The maximum atomic E-state index is 16.0. The average molecular weight is 505 g/mol. The van der Waals surface area contributed by atoms with Crippen LogP contribution in [0.3, 0.4) is 0 Å². The largest absolute Gasteiger partial charge is 0.507 e. The molecule has 6 rings (SSSR count). The fourth-order valence-electron chi connectivity index (χ4n) is 6.60. The number of aromatic hydroxyl groups is 1. The molecule has 0 amide bonds. The normalized spacial score (nSPS) is 29.5. The van der Waals surface area contributed by atoms with E-state index in [-0.39, 0.29) is 28.7 Å². The number of phenols is 1. The van der Waals surface area contributed by atoms with Crippen molar-refractivity contribution in [2.24, 2.45) is 10.8 Å². The van der Waals surface area contributed by atoms with Crippen LogP contribution in [-0.2, 0) is 0 Å². The molecule has 1 N–H and O–H groups in total. The highest BCUT2D eigenvalue weighted by Gasteiger charge is 2.56. The molecular weight excluding hydrogens is 475 g/mol. The molecule has 7 nitrogen and oxygen atoms in total. The summed E-state index contributed by atoms with van der Waals surface area (Å²) in [4.78, 5) is 10.9. The van der Waals surface area contributed by atoms with Crippen LogP contribution < -0.4 is 4.90 Å². The van der Waals surface area contributed by atoms with E-state index in [1.54, 1.807) is 23.7 Å². The molecule has 2 aromatic heterocycles. The van der Waals surface area contributed by atoms with Crippen molar-refractivity contribution in [2.45, 2.75) is 77.0 Å². The van der Waals surface area contributed by atoms with E-state index in [0.717, 1.165) is 44.9 Å². The molecule has 3 aliphatic rings. The van der Waals surface area contributed by atoms with Gasteiger partial charge in [-0.25, -0.2) is 14.4 Å². The lowest BCUT2D eigenvalue weighted by atomic mass is 9.54. The number of phenolic OH excluding ortho intramolecular Hbond substituents is 1. The summed E-state index contributed by atoms with van der Waals surface area (Å²) in [5, 5.41) is 30.9. The predicted octanol–water partition coefficient (Wildman–Crippen LogP) is 5.91. The van der Waals surface area contributed by atoms with Gasteiger partial charge in [0.2, 0.25) is 0 Å². The molecule has 3 fully saturated rings. The first-order valence-corrected chi connectivity index (χ1v) is 13.5. The van der Waals surface area contributed by atoms with Crippen LogP contribution in [0.1, 0.15) is 64.5 Å². The van der Waals surface area contributed by atoms with Crippen LogP contribution in [0.4, 0.5) is 10.2 Å². The molecule has 36 heavy (non-hydrogen) atoms. The van der Waals surface area contributed by atoms with Gasteiger partial charge < -0.3 is 10.0 Å². The molecule has 1 aromatic carbocycles. The van der Waals surface area contributed by atoms with Gasteiger partial charge in [-0.05, 0) is 56.1 Å². The minimum Gasteiger partial charge on any atom is -0.507 e. The summed E-state index contributed by atoms with van der Waals surface area (Å²) >= 11 is 1.35. The standard InChI is InChI=1S/C27H29FN6OS/c1-26-8-3-9-27(2,15-26)23(28)20(11-26)34(18-5-6-18)22-13-30-24(33-32-22)19-7-4-16(10-21(19)35)25-31-17(12-29)14-36-25/h4,7,10,13-14,18,20,23,35H,3,5-6,8-9,11,15H2,1-2H3/t20-,23-,26-,27-/m0/s1. The van der Waals surface area contributed by atoms with E-state index in [4.69, 9.17) is 5.26 Å². The molecule has 4 atom stereocenters. The topological polar surface area (TPSA) is 98.8 Å². The zero-order chi connectivity index (χ0) is 25.1. The number of alkyl halides is 1. The van der Waals surface area contributed by atoms with E-state index in [1.165, 1.54) is 11.3 Å². The highest BCUT2D eigenvalue weighted by molar-refractivity contribution is 7.13. The Bertz CT molecular complexity index is 1330. The third kappa shape index (κ3) is 4.01. The van der Waals surface area contributed by atoms with Crippen LogP contribution in [0, 0.1) is 22.2 Å². The molecule has 2 bridgehead atoms. The number of benzene rings is 1. The zero-order valence-corrected chi connectivity index (χ0v) is 21.3. The van der Waals surface area contributed by atoms with Crippen molar-refractivity contribution in [3.8, 4) is 33.8 Å². The predicted molar refractivity (Wildman–Crippen MR) is 136 cm³/mol. The highest BCUT2D eigenvalue weighted by atomic mass is 32.1. The monoisotopic (exact) mass is 504 g/mol. The summed E-state index contributed by atoms with van der Waals surface area (Å²) < 4.78 is 16.0. The molecule has 0 saturated heterocycles. The maximum absolute atomic E-state index is 16.0. The van der Waals surface area contributed by atoms with Crippen LogP contribution in [0.5, 0.6) is 5.75 Å². The van der Waals surface area contributed by atoms with Crippen molar-refractivity contribution in [2.75, 3.05) is 4.90 Å². The number of nitrogens with zero attached hydrogens (tertiary/aromatic N) is 6. The van der Waals surface area contributed by atoms with E-state index in [1.807, 2.05) is 12.1 Å². The van der Waals surface area contributed by atoms with Gasteiger partial charge in [0, 0.05) is 22.4 Å². The van der Waals surface area contributed by atoms with Crippen molar-refractivity contribution in [3.63, 3.8) is 0 Å². The molecule has 0 aliphatic heterocycles. The quantitative estimate of drug-likeness (QED) is 0.461. The van der Waals surface area contributed by atoms with Crippen LogP contribution >= 0.6 is 11.3 Å². The second kappa shape index (κ2) is 8.48. The minimum atomic E-state index is -0.906. The number of anilines is 1. The number of nitriles is 1. The van der Waals surface area contributed by atoms with Crippen LogP contribution in [0.25, 0.3) is 22.0 Å². The maximum Gasteiger partial charge on any atom is 0.185 e. The Balaban J connectivity index is 1.28. The Morgan fingerprint density at radius 3 is 2.72 bits per heavy atom. The first-order chi connectivity index (χ1) is 17.3. The van der Waals surface area contributed by atoms with Gasteiger partial charge in [0.15, 0.2) is 17.3 Å². The lowest BCUT2D eigenvalue weighted by Crippen LogP contribution is -2.58. The molecule has 3 saturated carbocycles. The average Bonchev–Trinajstić information content (AvgIpc) is 3.57. The van der Waals surface area contributed by atoms with E-state index in [2.05, 4.69) is 38.9 Å². The Morgan fingerprint density at radius 2 is 2.06 bits per heavy atom. The number of hydrogen-bond acceptors (Lipinski definition) is 8. The highest BCUT2D eigenvalue weighted by Crippen LogP contribution is 2.58. The molecule has 0 radical (unpaired) electrons. The number of rotatable bonds is 5.